The molecule has 0 radical (unpaired) electrons. The van der Waals surface area contributed by atoms with Gasteiger partial charge in [-0.1, -0.05) is 49.0 Å². The molecule has 0 aliphatic rings. The Labute approximate surface area is 184 Å². The minimum absolute atomic E-state index is 0.0212. The van der Waals surface area contributed by atoms with Crippen LogP contribution in [0.4, 0.5) is 10.1 Å². The average Bonchev–Trinajstić information content (AvgIpc) is 2.80. The minimum Gasteiger partial charge on any atom is -0.478 e. The van der Waals surface area contributed by atoms with Gasteiger partial charge in [0, 0.05) is 18.8 Å². The van der Waals surface area contributed by atoms with Crippen LogP contribution in [0.3, 0.4) is 0 Å². The molecule has 0 aliphatic carbocycles. The fourth-order valence-corrected chi connectivity index (χ4v) is 3.16. The molecular weight excluding hydrogens is 411 g/mol. The van der Waals surface area contributed by atoms with Crippen molar-refractivity contribution in [3.8, 4) is 0 Å². The molecule has 2 N–H and O–H groups in total. The number of benzene rings is 3. The summed E-state index contributed by atoms with van der Waals surface area (Å²) < 4.78 is 13.3. The number of nitrogens with one attached hydrogen (secondary N) is 1. The van der Waals surface area contributed by atoms with Crippen molar-refractivity contribution in [1.82, 2.24) is 4.90 Å². The Morgan fingerprint density at radius 2 is 1.53 bits per heavy atom. The molecule has 0 unspecified atom stereocenters. The smallest absolute Gasteiger partial charge is 0.336 e. The molecule has 32 heavy (non-hydrogen) atoms. The lowest BCUT2D eigenvalue weighted by molar-refractivity contribution is -0.111. The van der Waals surface area contributed by atoms with E-state index in [0.717, 1.165) is 11.6 Å². The summed E-state index contributed by atoms with van der Waals surface area (Å²) in [4.78, 5) is 38.3. The van der Waals surface area contributed by atoms with Gasteiger partial charge in [-0.15, -0.1) is 0 Å². The minimum atomic E-state index is -1.30. The molecule has 0 aliphatic heterocycles. The Hall–Kier alpha value is -4.26. The van der Waals surface area contributed by atoms with Crippen LogP contribution in [0, 0.1) is 5.82 Å². The first-order valence-electron chi connectivity index (χ1n) is 9.76. The van der Waals surface area contributed by atoms with Crippen LogP contribution in [-0.2, 0) is 17.9 Å². The monoisotopic (exact) mass is 432 g/mol. The highest BCUT2D eigenvalue weighted by molar-refractivity contribution is 6.06. The van der Waals surface area contributed by atoms with Crippen molar-refractivity contribution in [2.75, 3.05) is 5.32 Å². The molecule has 162 valence electrons. The first kappa shape index (κ1) is 22.4. The van der Waals surface area contributed by atoms with Crippen LogP contribution in [0.5, 0.6) is 0 Å². The number of carboxylic acids is 1. The van der Waals surface area contributed by atoms with Crippen molar-refractivity contribution >= 4 is 23.5 Å². The number of amides is 2. The molecule has 7 heteroatoms. The van der Waals surface area contributed by atoms with Crippen molar-refractivity contribution < 1.29 is 23.9 Å². The molecule has 3 aromatic carbocycles. The van der Waals surface area contributed by atoms with Crippen LogP contribution in [0.1, 0.15) is 31.8 Å². The van der Waals surface area contributed by atoms with Gasteiger partial charge in [0.2, 0.25) is 5.91 Å². The molecular formula is C25H21FN2O4. The van der Waals surface area contributed by atoms with Crippen molar-refractivity contribution in [2.45, 2.75) is 13.1 Å². The van der Waals surface area contributed by atoms with E-state index in [1.165, 1.54) is 35.2 Å². The first-order chi connectivity index (χ1) is 15.4. The largest absolute Gasteiger partial charge is 0.478 e. The second-order valence-electron chi connectivity index (χ2n) is 7.03. The molecule has 0 atom stereocenters. The Kier molecular flexibility index (Phi) is 7.13. The predicted octanol–water partition coefficient (Wildman–Crippen LogP) is 4.49. The van der Waals surface area contributed by atoms with E-state index in [2.05, 4.69) is 11.9 Å². The lowest BCUT2D eigenvalue weighted by atomic mass is 10.0. The zero-order chi connectivity index (χ0) is 23.1. The molecule has 2 amide bonds. The van der Waals surface area contributed by atoms with Gasteiger partial charge in [0.25, 0.3) is 5.91 Å². The number of carbonyl (C=O) groups is 3. The lowest BCUT2D eigenvalue weighted by Gasteiger charge is -2.24. The highest BCUT2D eigenvalue weighted by Crippen LogP contribution is 2.21. The number of anilines is 1. The quantitative estimate of drug-likeness (QED) is 0.514. The number of rotatable bonds is 8. The standard InChI is InChI=1S/C25H21FN2O4/c1-2-23(29)27-20-12-13-21(22(14-20)25(31)32)24(30)28(15-17-6-4-3-5-7-17)16-18-8-10-19(26)11-9-18/h2-14H,1,15-16H2,(H,27,29)(H,31,32). The van der Waals surface area contributed by atoms with Crippen LogP contribution < -0.4 is 5.32 Å². The third-order valence-electron chi connectivity index (χ3n) is 4.72. The highest BCUT2D eigenvalue weighted by atomic mass is 19.1. The summed E-state index contributed by atoms with van der Waals surface area (Å²) in [6.45, 7) is 3.74. The van der Waals surface area contributed by atoms with Gasteiger partial charge in [-0.3, -0.25) is 9.59 Å². The second kappa shape index (κ2) is 10.2. The van der Waals surface area contributed by atoms with E-state index in [1.54, 1.807) is 12.1 Å². The fraction of sp³-hybridized carbons (Fsp3) is 0.0800. The first-order valence-corrected chi connectivity index (χ1v) is 9.76. The molecule has 0 bridgehead atoms. The van der Waals surface area contributed by atoms with Crippen LogP contribution >= 0.6 is 0 Å². The molecule has 6 nitrogen and oxygen atoms in total. The third kappa shape index (κ3) is 5.66. The summed E-state index contributed by atoms with van der Waals surface area (Å²) in [6, 6.07) is 19.1. The summed E-state index contributed by atoms with van der Waals surface area (Å²) in [5.41, 5.74) is 1.52. The van der Waals surface area contributed by atoms with E-state index in [4.69, 9.17) is 0 Å². The van der Waals surface area contributed by atoms with Gasteiger partial charge in [-0.2, -0.15) is 0 Å². The van der Waals surface area contributed by atoms with Gasteiger partial charge in [0.15, 0.2) is 0 Å². The van der Waals surface area contributed by atoms with Gasteiger partial charge in [-0.25, -0.2) is 9.18 Å². The number of halogens is 1. The van der Waals surface area contributed by atoms with Gasteiger partial charge >= 0.3 is 5.97 Å². The van der Waals surface area contributed by atoms with Crippen LogP contribution in [0.2, 0.25) is 0 Å². The summed E-state index contributed by atoms with van der Waals surface area (Å²) >= 11 is 0. The molecule has 0 saturated heterocycles. The van der Waals surface area contributed by atoms with Crippen molar-refractivity contribution in [3.05, 3.63) is 114 Å². The van der Waals surface area contributed by atoms with Gasteiger partial charge < -0.3 is 15.3 Å². The molecule has 3 aromatic rings. The van der Waals surface area contributed by atoms with Crippen LogP contribution in [0.15, 0.2) is 85.5 Å². The molecule has 0 fully saturated rings. The van der Waals surface area contributed by atoms with Crippen molar-refractivity contribution in [2.24, 2.45) is 0 Å². The summed E-state index contributed by atoms with van der Waals surface area (Å²) in [5.74, 6) is -2.69. The van der Waals surface area contributed by atoms with Gasteiger partial charge in [-0.05, 0) is 47.5 Å². The molecule has 0 aromatic heterocycles. The topological polar surface area (TPSA) is 86.7 Å². The van der Waals surface area contributed by atoms with Crippen LogP contribution in [0.25, 0.3) is 0 Å². The predicted molar refractivity (Wildman–Crippen MR) is 119 cm³/mol. The number of carboxylic acid groups (broad SMARTS) is 1. The number of aromatic carboxylic acids is 1. The zero-order valence-corrected chi connectivity index (χ0v) is 17.1. The van der Waals surface area contributed by atoms with E-state index < -0.39 is 17.8 Å². The maximum Gasteiger partial charge on any atom is 0.336 e. The lowest BCUT2D eigenvalue weighted by Crippen LogP contribution is -2.31. The highest BCUT2D eigenvalue weighted by Gasteiger charge is 2.23. The van der Waals surface area contributed by atoms with E-state index in [1.807, 2.05) is 30.3 Å². The molecule has 0 spiro atoms. The number of nitrogens with zero attached hydrogens (tertiary/aromatic N) is 1. The second-order valence-corrected chi connectivity index (χ2v) is 7.03. The van der Waals surface area contributed by atoms with E-state index >= 15 is 0 Å². The maximum absolute atomic E-state index is 13.4. The van der Waals surface area contributed by atoms with Crippen molar-refractivity contribution in [3.63, 3.8) is 0 Å². The van der Waals surface area contributed by atoms with Crippen LogP contribution in [-0.4, -0.2) is 27.8 Å². The van der Waals surface area contributed by atoms with E-state index in [-0.39, 0.29) is 35.7 Å². The zero-order valence-electron chi connectivity index (χ0n) is 17.1. The molecule has 3 rings (SSSR count). The van der Waals surface area contributed by atoms with Crippen molar-refractivity contribution in [1.29, 1.82) is 0 Å². The molecule has 0 heterocycles. The summed E-state index contributed by atoms with van der Waals surface area (Å²) in [5, 5.41) is 12.2. The Bertz CT molecular complexity index is 1140. The van der Waals surface area contributed by atoms with Gasteiger partial charge in [0.05, 0.1) is 11.1 Å². The Balaban J connectivity index is 1.96. The normalized spacial score (nSPS) is 10.3. The fourth-order valence-electron chi connectivity index (χ4n) is 3.16. The third-order valence-corrected chi connectivity index (χ3v) is 4.72. The summed E-state index contributed by atoms with van der Waals surface area (Å²) in [6.07, 6.45) is 1.06. The van der Waals surface area contributed by atoms with Gasteiger partial charge in [0.1, 0.15) is 5.82 Å². The average molecular weight is 432 g/mol. The molecule has 0 saturated carbocycles. The Morgan fingerprint density at radius 3 is 2.12 bits per heavy atom. The number of hydrogen-bond acceptors (Lipinski definition) is 3. The maximum atomic E-state index is 13.4. The number of hydrogen-bond donors (Lipinski definition) is 2. The number of carbonyl (C=O) groups excluding carboxylic acids is 2. The Morgan fingerprint density at radius 1 is 0.906 bits per heavy atom. The van der Waals surface area contributed by atoms with E-state index in [9.17, 15) is 23.9 Å². The SMILES string of the molecule is C=CC(=O)Nc1ccc(C(=O)N(Cc2ccccc2)Cc2ccc(F)cc2)c(C(=O)O)c1. The summed E-state index contributed by atoms with van der Waals surface area (Å²) in [7, 11) is 0. The van der Waals surface area contributed by atoms with E-state index in [0.29, 0.717) is 5.56 Å².